The quantitative estimate of drug-likeness (QED) is 0.873. The highest BCUT2D eigenvalue weighted by Gasteiger charge is 2.24. The summed E-state index contributed by atoms with van der Waals surface area (Å²) in [7, 11) is 0. The van der Waals surface area contributed by atoms with Gasteiger partial charge in [0.05, 0.1) is 0 Å². The van der Waals surface area contributed by atoms with Gasteiger partial charge in [0.25, 0.3) is 0 Å². The minimum atomic E-state index is 0.541. The number of nitrogens with zero attached hydrogens (tertiary/aromatic N) is 2. The molecular formula is C14H23N3. The minimum absolute atomic E-state index is 0.541. The number of pyridine rings is 1. The molecule has 0 aliphatic carbocycles. The van der Waals surface area contributed by atoms with Gasteiger partial charge < -0.3 is 5.73 Å². The van der Waals surface area contributed by atoms with Crippen molar-refractivity contribution in [2.24, 2.45) is 5.92 Å². The van der Waals surface area contributed by atoms with Crippen molar-refractivity contribution in [2.75, 3.05) is 18.8 Å². The van der Waals surface area contributed by atoms with Crippen molar-refractivity contribution in [2.45, 2.75) is 39.2 Å². The summed E-state index contributed by atoms with van der Waals surface area (Å²) < 4.78 is 0. The molecule has 0 spiro atoms. The highest BCUT2D eigenvalue weighted by Crippen LogP contribution is 2.31. The first-order chi connectivity index (χ1) is 8.16. The van der Waals surface area contributed by atoms with Crippen molar-refractivity contribution in [3.8, 4) is 0 Å². The summed E-state index contributed by atoms with van der Waals surface area (Å²) in [5, 5.41) is 0. The van der Waals surface area contributed by atoms with E-state index in [-0.39, 0.29) is 0 Å². The molecule has 3 heteroatoms. The van der Waals surface area contributed by atoms with Crippen LogP contribution in [0.2, 0.25) is 0 Å². The van der Waals surface area contributed by atoms with E-state index >= 15 is 0 Å². The molecule has 0 radical (unpaired) electrons. The number of aromatic nitrogens is 1. The number of anilines is 1. The fourth-order valence-electron chi connectivity index (χ4n) is 2.67. The van der Waals surface area contributed by atoms with Crippen molar-refractivity contribution >= 4 is 5.82 Å². The highest BCUT2D eigenvalue weighted by molar-refractivity contribution is 5.30. The summed E-state index contributed by atoms with van der Waals surface area (Å²) in [5.41, 5.74) is 6.97. The van der Waals surface area contributed by atoms with Gasteiger partial charge in [0.1, 0.15) is 5.82 Å². The van der Waals surface area contributed by atoms with Gasteiger partial charge in [0.2, 0.25) is 0 Å². The Kier molecular flexibility index (Phi) is 4.00. The number of nitrogens with two attached hydrogens (primary N) is 1. The molecule has 94 valence electrons. The predicted molar refractivity (Wildman–Crippen MR) is 71.7 cm³/mol. The molecule has 1 fully saturated rings. The normalized spacial score (nSPS) is 21.9. The SMILES string of the molecule is CC(C)CN1CCCCC1c1ccc(N)nc1. The fourth-order valence-corrected chi connectivity index (χ4v) is 2.67. The maximum absolute atomic E-state index is 5.65. The van der Waals surface area contributed by atoms with Crippen LogP contribution in [0.4, 0.5) is 5.82 Å². The standard InChI is InChI=1S/C14H23N3/c1-11(2)10-17-8-4-3-5-13(17)12-6-7-14(15)16-9-12/h6-7,9,11,13H,3-5,8,10H2,1-2H3,(H2,15,16). The van der Waals surface area contributed by atoms with Gasteiger partial charge in [-0.3, -0.25) is 4.90 Å². The zero-order valence-corrected chi connectivity index (χ0v) is 10.9. The number of likely N-dealkylation sites (tertiary alicyclic amines) is 1. The van der Waals surface area contributed by atoms with E-state index in [9.17, 15) is 0 Å². The Morgan fingerprint density at radius 2 is 2.24 bits per heavy atom. The van der Waals surface area contributed by atoms with Crippen molar-refractivity contribution in [3.63, 3.8) is 0 Å². The van der Waals surface area contributed by atoms with E-state index in [1.54, 1.807) is 0 Å². The third-order valence-corrected chi connectivity index (χ3v) is 3.41. The van der Waals surface area contributed by atoms with Crippen LogP contribution in [0.25, 0.3) is 0 Å². The molecule has 1 atom stereocenters. The van der Waals surface area contributed by atoms with Gasteiger partial charge in [-0.1, -0.05) is 26.3 Å². The predicted octanol–water partition coefficient (Wildman–Crippen LogP) is 2.85. The summed E-state index contributed by atoms with van der Waals surface area (Å²) in [4.78, 5) is 6.82. The molecule has 3 nitrogen and oxygen atoms in total. The smallest absolute Gasteiger partial charge is 0.123 e. The largest absolute Gasteiger partial charge is 0.384 e. The van der Waals surface area contributed by atoms with Crippen molar-refractivity contribution < 1.29 is 0 Å². The van der Waals surface area contributed by atoms with Crippen LogP contribution in [0.1, 0.15) is 44.7 Å². The molecule has 1 aliphatic heterocycles. The lowest BCUT2D eigenvalue weighted by atomic mass is 9.95. The van der Waals surface area contributed by atoms with Crippen LogP contribution < -0.4 is 5.73 Å². The van der Waals surface area contributed by atoms with E-state index in [1.165, 1.54) is 37.9 Å². The first-order valence-corrected chi connectivity index (χ1v) is 6.62. The number of hydrogen-bond donors (Lipinski definition) is 1. The second-order valence-corrected chi connectivity index (χ2v) is 5.42. The molecule has 1 aromatic rings. The van der Waals surface area contributed by atoms with E-state index in [4.69, 9.17) is 5.73 Å². The molecule has 0 saturated carbocycles. The van der Waals surface area contributed by atoms with Crippen LogP contribution in [0.5, 0.6) is 0 Å². The van der Waals surface area contributed by atoms with E-state index in [2.05, 4.69) is 29.8 Å². The van der Waals surface area contributed by atoms with Crippen LogP contribution in [0.3, 0.4) is 0 Å². The lowest BCUT2D eigenvalue weighted by Crippen LogP contribution is -2.36. The number of rotatable bonds is 3. The highest BCUT2D eigenvalue weighted by atomic mass is 15.2. The van der Waals surface area contributed by atoms with Gasteiger partial charge in [0, 0.05) is 18.8 Å². The van der Waals surface area contributed by atoms with Gasteiger partial charge in [-0.25, -0.2) is 4.98 Å². The van der Waals surface area contributed by atoms with Crippen molar-refractivity contribution in [1.82, 2.24) is 9.88 Å². The Labute approximate surface area is 104 Å². The zero-order valence-electron chi connectivity index (χ0n) is 10.9. The maximum atomic E-state index is 5.65. The molecule has 1 aliphatic rings. The molecule has 0 amide bonds. The summed E-state index contributed by atoms with van der Waals surface area (Å²) >= 11 is 0. The molecule has 2 heterocycles. The minimum Gasteiger partial charge on any atom is -0.384 e. The van der Waals surface area contributed by atoms with E-state index in [1.807, 2.05) is 12.3 Å². The molecule has 2 rings (SSSR count). The van der Waals surface area contributed by atoms with Crippen LogP contribution in [0.15, 0.2) is 18.3 Å². The third kappa shape index (κ3) is 3.19. The molecule has 2 N–H and O–H groups in total. The Hall–Kier alpha value is -1.09. The van der Waals surface area contributed by atoms with Gasteiger partial charge in [-0.05, 0) is 36.9 Å². The summed E-state index contributed by atoms with van der Waals surface area (Å²) in [6.07, 6.45) is 5.84. The topological polar surface area (TPSA) is 42.1 Å². The van der Waals surface area contributed by atoms with Crippen molar-refractivity contribution in [1.29, 1.82) is 0 Å². The lowest BCUT2D eigenvalue weighted by molar-refractivity contribution is 0.132. The Balaban J connectivity index is 2.12. The Morgan fingerprint density at radius 1 is 1.41 bits per heavy atom. The molecule has 1 unspecified atom stereocenters. The maximum Gasteiger partial charge on any atom is 0.123 e. The van der Waals surface area contributed by atoms with E-state index < -0.39 is 0 Å². The average Bonchev–Trinajstić information content (AvgIpc) is 2.30. The van der Waals surface area contributed by atoms with Gasteiger partial charge in [-0.2, -0.15) is 0 Å². The molecule has 17 heavy (non-hydrogen) atoms. The zero-order chi connectivity index (χ0) is 12.3. The molecule has 0 aromatic carbocycles. The second-order valence-electron chi connectivity index (χ2n) is 5.42. The van der Waals surface area contributed by atoms with Gasteiger partial charge in [-0.15, -0.1) is 0 Å². The number of nitrogen functional groups attached to an aromatic ring is 1. The summed E-state index contributed by atoms with van der Waals surface area (Å²) in [6.45, 7) is 6.96. The van der Waals surface area contributed by atoms with Gasteiger partial charge in [0.15, 0.2) is 0 Å². The van der Waals surface area contributed by atoms with E-state index in [0.29, 0.717) is 11.9 Å². The van der Waals surface area contributed by atoms with Crippen LogP contribution in [-0.4, -0.2) is 23.0 Å². The van der Waals surface area contributed by atoms with Crippen LogP contribution in [0, 0.1) is 5.92 Å². The Bertz CT molecular complexity index is 345. The monoisotopic (exact) mass is 233 g/mol. The number of hydrogen-bond acceptors (Lipinski definition) is 3. The lowest BCUT2D eigenvalue weighted by Gasteiger charge is -2.37. The molecular weight excluding hydrogens is 210 g/mol. The van der Waals surface area contributed by atoms with Crippen molar-refractivity contribution in [3.05, 3.63) is 23.9 Å². The average molecular weight is 233 g/mol. The molecule has 1 aromatic heterocycles. The fraction of sp³-hybridized carbons (Fsp3) is 0.643. The molecule has 1 saturated heterocycles. The van der Waals surface area contributed by atoms with Gasteiger partial charge >= 0.3 is 0 Å². The first kappa shape index (κ1) is 12.4. The second kappa shape index (κ2) is 5.50. The summed E-state index contributed by atoms with van der Waals surface area (Å²) in [5.74, 6) is 1.33. The van der Waals surface area contributed by atoms with E-state index in [0.717, 1.165) is 5.92 Å². The number of piperidine rings is 1. The third-order valence-electron chi connectivity index (χ3n) is 3.41. The van der Waals surface area contributed by atoms with Crippen LogP contribution >= 0.6 is 0 Å². The van der Waals surface area contributed by atoms with Crippen LogP contribution in [-0.2, 0) is 0 Å². The summed E-state index contributed by atoms with van der Waals surface area (Å²) in [6, 6.07) is 4.59. The molecule has 0 bridgehead atoms. The Morgan fingerprint density at radius 3 is 2.88 bits per heavy atom. The first-order valence-electron chi connectivity index (χ1n) is 6.62.